The fourth-order valence-electron chi connectivity index (χ4n) is 1.52. The number of hydrogen-bond donors (Lipinski definition) is 2. The molecule has 0 unspecified atom stereocenters. The molecule has 0 aliphatic carbocycles. The SMILES string of the molecule is CSc1ccc(C(=O)NCCCC(=O)O)cc1[N+](=O)[O-]. The summed E-state index contributed by atoms with van der Waals surface area (Å²) in [7, 11) is 0. The van der Waals surface area contributed by atoms with E-state index in [1.165, 1.54) is 30.0 Å². The Labute approximate surface area is 119 Å². The molecule has 1 amide bonds. The van der Waals surface area contributed by atoms with Crippen molar-refractivity contribution < 1.29 is 19.6 Å². The van der Waals surface area contributed by atoms with Gasteiger partial charge in [0.1, 0.15) is 0 Å². The van der Waals surface area contributed by atoms with Crippen molar-refractivity contribution in [1.82, 2.24) is 5.32 Å². The van der Waals surface area contributed by atoms with E-state index in [1.807, 2.05) is 0 Å². The molecule has 0 heterocycles. The molecule has 20 heavy (non-hydrogen) atoms. The molecule has 0 aliphatic heterocycles. The largest absolute Gasteiger partial charge is 0.481 e. The molecule has 8 heteroatoms. The number of rotatable bonds is 7. The maximum absolute atomic E-state index is 11.8. The van der Waals surface area contributed by atoms with Gasteiger partial charge in [0, 0.05) is 24.6 Å². The minimum atomic E-state index is -0.931. The molecule has 2 N–H and O–H groups in total. The lowest BCUT2D eigenvalue weighted by atomic mass is 10.2. The molecule has 0 aliphatic rings. The Balaban J connectivity index is 2.71. The quantitative estimate of drug-likeness (QED) is 0.344. The number of thioether (sulfide) groups is 1. The van der Waals surface area contributed by atoms with Crippen molar-refractivity contribution in [2.45, 2.75) is 17.7 Å². The predicted molar refractivity (Wildman–Crippen MR) is 74.1 cm³/mol. The molecule has 0 saturated carbocycles. The second kappa shape index (κ2) is 7.49. The van der Waals surface area contributed by atoms with Crippen molar-refractivity contribution in [3.63, 3.8) is 0 Å². The molecule has 0 radical (unpaired) electrons. The molecule has 0 saturated heterocycles. The molecule has 0 fully saturated rings. The predicted octanol–water partition coefficient (Wildman–Crippen LogP) is 1.91. The lowest BCUT2D eigenvalue weighted by Crippen LogP contribution is -2.25. The minimum Gasteiger partial charge on any atom is -0.481 e. The second-order valence-corrected chi connectivity index (χ2v) is 4.75. The topological polar surface area (TPSA) is 110 Å². The summed E-state index contributed by atoms with van der Waals surface area (Å²) >= 11 is 1.23. The molecule has 0 bridgehead atoms. The summed E-state index contributed by atoms with van der Waals surface area (Å²) in [6, 6.07) is 4.25. The van der Waals surface area contributed by atoms with E-state index in [4.69, 9.17) is 5.11 Å². The Morgan fingerprint density at radius 2 is 2.15 bits per heavy atom. The Bertz CT molecular complexity index is 533. The fourth-order valence-corrected chi connectivity index (χ4v) is 2.06. The standard InChI is InChI=1S/C12H14N2O5S/c1-20-10-5-4-8(7-9(10)14(18)19)12(17)13-6-2-3-11(15)16/h4-5,7H,2-3,6H2,1H3,(H,13,17)(H,15,16). The van der Waals surface area contributed by atoms with E-state index >= 15 is 0 Å². The number of aliphatic carboxylic acids is 1. The molecule has 0 atom stereocenters. The summed E-state index contributed by atoms with van der Waals surface area (Å²) in [5.41, 5.74) is 0.0699. The van der Waals surface area contributed by atoms with Crippen molar-refractivity contribution in [3.05, 3.63) is 33.9 Å². The zero-order valence-electron chi connectivity index (χ0n) is 10.8. The van der Waals surface area contributed by atoms with Gasteiger partial charge in [0.05, 0.1) is 9.82 Å². The molecule has 1 aromatic rings. The van der Waals surface area contributed by atoms with Gasteiger partial charge >= 0.3 is 5.97 Å². The molecule has 0 spiro atoms. The smallest absolute Gasteiger partial charge is 0.303 e. The van der Waals surface area contributed by atoms with Crippen molar-refractivity contribution in [2.75, 3.05) is 12.8 Å². The number of carbonyl (C=O) groups excluding carboxylic acids is 1. The summed E-state index contributed by atoms with van der Waals surface area (Å²) in [6.07, 6.45) is 1.99. The van der Waals surface area contributed by atoms with Crippen LogP contribution < -0.4 is 5.32 Å². The highest BCUT2D eigenvalue weighted by Crippen LogP contribution is 2.28. The van der Waals surface area contributed by atoms with Crippen LogP contribution >= 0.6 is 11.8 Å². The van der Waals surface area contributed by atoms with Crippen LogP contribution in [0.4, 0.5) is 5.69 Å². The first-order valence-corrected chi connectivity index (χ1v) is 7.00. The number of nitrogens with one attached hydrogen (secondary N) is 1. The lowest BCUT2D eigenvalue weighted by Gasteiger charge is -2.05. The highest BCUT2D eigenvalue weighted by Gasteiger charge is 2.16. The number of amides is 1. The van der Waals surface area contributed by atoms with Gasteiger partial charge in [0.25, 0.3) is 11.6 Å². The molecular weight excluding hydrogens is 284 g/mol. The van der Waals surface area contributed by atoms with Gasteiger partial charge in [-0.15, -0.1) is 11.8 Å². The van der Waals surface area contributed by atoms with Crippen molar-refractivity contribution in [2.24, 2.45) is 0 Å². The minimum absolute atomic E-state index is 0.0359. The normalized spacial score (nSPS) is 10.1. The first kappa shape index (κ1) is 16.0. The second-order valence-electron chi connectivity index (χ2n) is 3.90. The number of nitro groups is 1. The monoisotopic (exact) mass is 298 g/mol. The third-order valence-corrected chi connectivity index (χ3v) is 3.28. The summed E-state index contributed by atoms with van der Waals surface area (Å²) in [4.78, 5) is 32.9. The average Bonchev–Trinajstić information content (AvgIpc) is 2.42. The van der Waals surface area contributed by atoms with E-state index in [0.717, 1.165) is 0 Å². The van der Waals surface area contributed by atoms with E-state index in [2.05, 4.69) is 5.32 Å². The number of carboxylic acids is 1. The van der Waals surface area contributed by atoms with Gasteiger partial charge in [0.15, 0.2) is 0 Å². The van der Waals surface area contributed by atoms with Crippen LogP contribution in [0.3, 0.4) is 0 Å². The van der Waals surface area contributed by atoms with Crippen LogP contribution in [-0.4, -0.2) is 34.7 Å². The van der Waals surface area contributed by atoms with E-state index in [1.54, 1.807) is 6.26 Å². The van der Waals surface area contributed by atoms with Gasteiger partial charge < -0.3 is 10.4 Å². The fraction of sp³-hybridized carbons (Fsp3) is 0.333. The third kappa shape index (κ3) is 4.54. The van der Waals surface area contributed by atoms with Crippen LogP contribution in [0.2, 0.25) is 0 Å². The summed E-state index contributed by atoms with van der Waals surface area (Å²) in [6.45, 7) is 0.212. The maximum Gasteiger partial charge on any atom is 0.303 e. The molecule has 1 rings (SSSR count). The zero-order chi connectivity index (χ0) is 15.1. The average molecular weight is 298 g/mol. The van der Waals surface area contributed by atoms with Crippen LogP contribution in [0.15, 0.2) is 23.1 Å². The van der Waals surface area contributed by atoms with Crippen molar-refractivity contribution in [1.29, 1.82) is 0 Å². The Morgan fingerprint density at radius 1 is 1.45 bits per heavy atom. The maximum atomic E-state index is 11.8. The molecule has 108 valence electrons. The highest BCUT2D eigenvalue weighted by molar-refractivity contribution is 7.98. The van der Waals surface area contributed by atoms with Crippen LogP contribution in [0.1, 0.15) is 23.2 Å². The Morgan fingerprint density at radius 3 is 2.70 bits per heavy atom. The van der Waals surface area contributed by atoms with Gasteiger partial charge in [-0.3, -0.25) is 19.7 Å². The van der Waals surface area contributed by atoms with E-state index in [-0.39, 0.29) is 24.2 Å². The molecule has 7 nitrogen and oxygen atoms in total. The first-order chi connectivity index (χ1) is 9.45. The van der Waals surface area contributed by atoms with Crippen molar-refractivity contribution >= 4 is 29.3 Å². The van der Waals surface area contributed by atoms with Crippen LogP contribution in [-0.2, 0) is 4.79 Å². The van der Waals surface area contributed by atoms with Crippen LogP contribution in [0.25, 0.3) is 0 Å². The van der Waals surface area contributed by atoms with E-state index in [0.29, 0.717) is 11.3 Å². The number of carbonyl (C=O) groups is 2. The lowest BCUT2D eigenvalue weighted by molar-refractivity contribution is -0.387. The third-order valence-electron chi connectivity index (χ3n) is 2.49. The molecule has 0 aromatic heterocycles. The van der Waals surface area contributed by atoms with Crippen LogP contribution in [0, 0.1) is 10.1 Å². The van der Waals surface area contributed by atoms with Crippen LogP contribution in [0.5, 0.6) is 0 Å². The Hall–Kier alpha value is -2.09. The van der Waals surface area contributed by atoms with Gasteiger partial charge in [0.2, 0.25) is 0 Å². The van der Waals surface area contributed by atoms with Gasteiger partial charge in [-0.2, -0.15) is 0 Å². The van der Waals surface area contributed by atoms with E-state index in [9.17, 15) is 19.7 Å². The summed E-state index contributed by atoms with van der Waals surface area (Å²) in [5, 5.41) is 21.9. The van der Waals surface area contributed by atoms with Gasteiger partial charge in [-0.05, 0) is 24.8 Å². The molecule has 1 aromatic carbocycles. The summed E-state index contributed by atoms with van der Waals surface area (Å²) < 4.78 is 0. The number of nitro benzene ring substituents is 1. The highest BCUT2D eigenvalue weighted by atomic mass is 32.2. The van der Waals surface area contributed by atoms with E-state index < -0.39 is 16.8 Å². The zero-order valence-corrected chi connectivity index (χ0v) is 11.6. The van der Waals surface area contributed by atoms with Crippen molar-refractivity contribution in [3.8, 4) is 0 Å². The number of hydrogen-bond acceptors (Lipinski definition) is 5. The number of benzene rings is 1. The Kier molecular flexibility index (Phi) is 5.98. The number of carboxylic acid groups (broad SMARTS) is 1. The summed E-state index contributed by atoms with van der Waals surface area (Å²) in [5.74, 6) is -1.38. The first-order valence-electron chi connectivity index (χ1n) is 5.78. The molecular formula is C12H14N2O5S. The van der Waals surface area contributed by atoms with Gasteiger partial charge in [-0.1, -0.05) is 0 Å². The number of nitrogens with zero attached hydrogens (tertiary/aromatic N) is 1. The van der Waals surface area contributed by atoms with Gasteiger partial charge in [-0.25, -0.2) is 0 Å².